The van der Waals surface area contributed by atoms with Crippen LogP contribution in [0.15, 0.2) is 30.3 Å². The minimum absolute atomic E-state index is 0.214. The molecule has 1 unspecified atom stereocenters. The van der Waals surface area contributed by atoms with E-state index in [9.17, 15) is 0 Å². The standard InChI is InChI=1S/C19H32N2/c1-4-13-20-18(16-17-11-7-5-8-12-17)19(2,3)21-14-9-6-10-15-21/h5,7-8,11-12,18,20H,4,6,9-10,13-16H2,1-3H3. The molecule has 1 N–H and O–H groups in total. The molecule has 0 saturated carbocycles. The zero-order valence-electron chi connectivity index (χ0n) is 14.1. The molecule has 1 aromatic carbocycles. The summed E-state index contributed by atoms with van der Waals surface area (Å²) < 4.78 is 0. The van der Waals surface area contributed by atoms with Crippen LogP contribution in [-0.4, -0.2) is 36.1 Å². The molecule has 0 amide bonds. The molecule has 1 fully saturated rings. The summed E-state index contributed by atoms with van der Waals surface area (Å²) in [7, 11) is 0. The van der Waals surface area contributed by atoms with Crippen LogP contribution in [0.1, 0.15) is 52.0 Å². The summed E-state index contributed by atoms with van der Waals surface area (Å²) in [4.78, 5) is 2.70. The maximum absolute atomic E-state index is 3.81. The average molecular weight is 288 g/mol. The van der Waals surface area contributed by atoms with Crippen LogP contribution in [0.2, 0.25) is 0 Å². The van der Waals surface area contributed by atoms with Gasteiger partial charge in [-0.2, -0.15) is 0 Å². The third kappa shape index (κ3) is 4.55. The van der Waals surface area contributed by atoms with Crippen molar-refractivity contribution in [1.29, 1.82) is 0 Å². The van der Waals surface area contributed by atoms with E-state index < -0.39 is 0 Å². The molecule has 21 heavy (non-hydrogen) atoms. The van der Waals surface area contributed by atoms with Gasteiger partial charge in [0.1, 0.15) is 0 Å². The second-order valence-electron chi connectivity index (χ2n) is 6.90. The quantitative estimate of drug-likeness (QED) is 0.819. The third-order valence-corrected chi connectivity index (χ3v) is 4.95. The molecule has 0 bridgehead atoms. The molecule has 1 aliphatic heterocycles. The summed E-state index contributed by atoms with van der Waals surface area (Å²) in [5, 5.41) is 3.81. The van der Waals surface area contributed by atoms with Crippen LogP contribution in [0.25, 0.3) is 0 Å². The van der Waals surface area contributed by atoms with Gasteiger partial charge in [-0.1, -0.05) is 43.7 Å². The van der Waals surface area contributed by atoms with E-state index in [1.54, 1.807) is 0 Å². The summed E-state index contributed by atoms with van der Waals surface area (Å²) in [6.45, 7) is 10.7. The molecule has 2 nitrogen and oxygen atoms in total. The van der Waals surface area contributed by atoms with Crippen molar-refractivity contribution in [3.63, 3.8) is 0 Å². The SMILES string of the molecule is CCCNC(Cc1ccccc1)C(C)(C)N1CCCCC1. The van der Waals surface area contributed by atoms with Crippen molar-refractivity contribution in [2.45, 2.75) is 64.5 Å². The highest BCUT2D eigenvalue weighted by molar-refractivity contribution is 5.17. The second kappa shape index (κ2) is 7.95. The van der Waals surface area contributed by atoms with Crippen LogP contribution in [0.4, 0.5) is 0 Å². The van der Waals surface area contributed by atoms with Gasteiger partial charge in [-0.15, -0.1) is 0 Å². The Hall–Kier alpha value is -0.860. The first-order valence-corrected chi connectivity index (χ1v) is 8.67. The number of rotatable bonds is 7. The number of hydrogen-bond acceptors (Lipinski definition) is 2. The predicted molar refractivity (Wildman–Crippen MR) is 91.7 cm³/mol. The average Bonchev–Trinajstić information content (AvgIpc) is 2.53. The van der Waals surface area contributed by atoms with E-state index in [4.69, 9.17) is 0 Å². The molecule has 1 saturated heterocycles. The Kier molecular flexibility index (Phi) is 6.25. The lowest BCUT2D eigenvalue weighted by Crippen LogP contribution is -2.59. The normalized spacial score (nSPS) is 18.6. The number of nitrogens with zero attached hydrogens (tertiary/aromatic N) is 1. The zero-order chi connectivity index (χ0) is 15.1. The largest absolute Gasteiger partial charge is 0.312 e. The second-order valence-corrected chi connectivity index (χ2v) is 6.90. The Morgan fingerprint density at radius 2 is 1.76 bits per heavy atom. The van der Waals surface area contributed by atoms with Crippen molar-refractivity contribution < 1.29 is 0 Å². The van der Waals surface area contributed by atoms with Crippen molar-refractivity contribution >= 4 is 0 Å². The van der Waals surface area contributed by atoms with E-state index in [2.05, 4.69) is 61.3 Å². The van der Waals surface area contributed by atoms with Crippen molar-refractivity contribution in [2.24, 2.45) is 0 Å². The smallest absolute Gasteiger partial charge is 0.0309 e. The summed E-state index contributed by atoms with van der Waals surface area (Å²) in [6.07, 6.45) is 6.43. The van der Waals surface area contributed by atoms with Crippen molar-refractivity contribution in [3.05, 3.63) is 35.9 Å². The first kappa shape index (κ1) is 16.5. The molecule has 1 aromatic rings. The van der Waals surface area contributed by atoms with Crippen molar-refractivity contribution in [3.8, 4) is 0 Å². The van der Waals surface area contributed by atoms with Crippen molar-refractivity contribution in [1.82, 2.24) is 10.2 Å². The van der Waals surface area contributed by atoms with Crippen LogP contribution in [0.5, 0.6) is 0 Å². The first-order valence-electron chi connectivity index (χ1n) is 8.67. The van der Waals surface area contributed by atoms with Gasteiger partial charge in [-0.3, -0.25) is 4.90 Å². The molecule has 118 valence electrons. The number of likely N-dealkylation sites (tertiary alicyclic amines) is 1. The Bertz CT molecular complexity index is 393. The molecule has 0 aromatic heterocycles. The lowest BCUT2D eigenvalue weighted by Gasteiger charge is -2.46. The fraction of sp³-hybridized carbons (Fsp3) is 0.684. The maximum Gasteiger partial charge on any atom is 0.0309 e. The Balaban J connectivity index is 2.09. The van der Waals surface area contributed by atoms with Gasteiger partial charge in [0, 0.05) is 11.6 Å². The van der Waals surface area contributed by atoms with Gasteiger partial charge in [0.2, 0.25) is 0 Å². The molecular weight excluding hydrogens is 256 g/mol. The summed E-state index contributed by atoms with van der Waals surface area (Å²) in [5.41, 5.74) is 1.65. The van der Waals surface area contributed by atoms with Crippen molar-refractivity contribution in [2.75, 3.05) is 19.6 Å². The molecule has 1 aliphatic rings. The van der Waals surface area contributed by atoms with Gasteiger partial charge in [0.05, 0.1) is 0 Å². The van der Waals surface area contributed by atoms with Gasteiger partial charge in [-0.25, -0.2) is 0 Å². The summed E-state index contributed by atoms with van der Waals surface area (Å²) in [5.74, 6) is 0. The number of benzene rings is 1. The lowest BCUT2D eigenvalue weighted by molar-refractivity contribution is 0.0611. The molecule has 1 heterocycles. The van der Waals surface area contributed by atoms with Gasteiger partial charge in [-0.05, 0) is 64.7 Å². The van der Waals surface area contributed by atoms with Gasteiger partial charge < -0.3 is 5.32 Å². The minimum Gasteiger partial charge on any atom is -0.312 e. The Morgan fingerprint density at radius 1 is 1.10 bits per heavy atom. The van der Waals surface area contributed by atoms with E-state index in [0.717, 1.165) is 13.0 Å². The Morgan fingerprint density at radius 3 is 2.38 bits per heavy atom. The highest BCUT2D eigenvalue weighted by Gasteiger charge is 2.35. The van der Waals surface area contributed by atoms with Crippen LogP contribution in [-0.2, 0) is 6.42 Å². The molecule has 0 aliphatic carbocycles. The molecular formula is C19H32N2. The van der Waals surface area contributed by atoms with Gasteiger partial charge in [0.15, 0.2) is 0 Å². The first-order chi connectivity index (χ1) is 10.1. The van der Waals surface area contributed by atoms with Crippen LogP contribution in [0, 0.1) is 0 Å². The molecule has 1 atom stereocenters. The van der Waals surface area contributed by atoms with Crippen LogP contribution in [0.3, 0.4) is 0 Å². The van der Waals surface area contributed by atoms with E-state index in [0.29, 0.717) is 6.04 Å². The fourth-order valence-corrected chi connectivity index (χ4v) is 3.43. The van der Waals surface area contributed by atoms with E-state index >= 15 is 0 Å². The van der Waals surface area contributed by atoms with Crippen LogP contribution >= 0.6 is 0 Å². The highest BCUT2D eigenvalue weighted by Crippen LogP contribution is 2.26. The maximum atomic E-state index is 3.81. The topological polar surface area (TPSA) is 15.3 Å². The van der Waals surface area contributed by atoms with Gasteiger partial charge in [0.25, 0.3) is 0 Å². The van der Waals surface area contributed by atoms with E-state index in [1.165, 1.54) is 44.3 Å². The van der Waals surface area contributed by atoms with Crippen LogP contribution < -0.4 is 5.32 Å². The highest BCUT2D eigenvalue weighted by atomic mass is 15.2. The summed E-state index contributed by atoms with van der Waals surface area (Å²) >= 11 is 0. The predicted octanol–water partition coefficient (Wildman–Crippen LogP) is 3.86. The number of nitrogens with one attached hydrogen (secondary N) is 1. The molecule has 2 rings (SSSR count). The Labute approximate surface area is 130 Å². The third-order valence-electron chi connectivity index (χ3n) is 4.95. The lowest BCUT2D eigenvalue weighted by atomic mass is 9.86. The monoisotopic (exact) mass is 288 g/mol. The minimum atomic E-state index is 0.214. The number of hydrogen-bond donors (Lipinski definition) is 1. The van der Waals surface area contributed by atoms with E-state index in [1.807, 2.05) is 0 Å². The fourth-order valence-electron chi connectivity index (χ4n) is 3.43. The van der Waals surface area contributed by atoms with Gasteiger partial charge >= 0.3 is 0 Å². The molecule has 0 spiro atoms. The summed E-state index contributed by atoms with van der Waals surface area (Å²) in [6, 6.07) is 11.4. The zero-order valence-corrected chi connectivity index (χ0v) is 14.1. The number of piperidine rings is 1. The molecule has 0 radical (unpaired) electrons. The van der Waals surface area contributed by atoms with E-state index in [-0.39, 0.29) is 5.54 Å². The molecule has 2 heteroatoms.